The van der Waals surface area contributed by atoms with E-state index in [2.05, 4.69) is 5.32 Å². The Morgan fingerprint density at radius 1 is 0.939 bits per heavy atom. The van der Waals surface area contributed by atoms with Crippen molar-refractivity contribution in [3.63, 3.8) is 0 Å². The summed E-state index contributed by atoms with van der Waals surface area (Å²) in [5.74, 6) is 1.17. The zero-order valence-corrected chi connectivity index (χ0v) is 19.2. The third kappa shape index (κ3) is 5.27. The Balaban J connectivity index is 1.39. The molecule has 8 nitrogen and oxygen atoms in total. The number of hydrogen-bond acceptors (Lipinski definition) is 6. The number of carbonyl (C=O) groups excluding carboxylic acids is 1. The fraction of sp³-hybridized carbons (Fsp3) is 0.208. The number of benzene rings is 3. The van der Waals surface area contributed by atoms with E-state index in [0.29, 0.717) is 29.4 Å². The van der Waals surface area contributed by atoms with Crippen LogP contribution in [0.15, 0.2) is 77.7 Å². The molecule has 0 aromatic heterocycles. The number of likely N-dealkylation sites (N-methyl/N-ethyl adjacent to an activating group) is 1. The Kier molecular flexibility index (Phi) is 6.52. The van der Waals surface area contributed by atoms with Crippen molar-refractivity contribution >= 4 is 27.3 Å². The van der Waals surface area contributed by atoms with Gasteiger partial charge in [-0.2, -0.15) is 0 Å². The van der Waals surface area contributed by atoms with Crippen LogP contribution in [0, 0.1) is 0 Å². The fourth-order valence-electron chi connectivity index (χ4n) is 3.52. The van der Waals surface area contributed by atoms with Gasteiger partial charge in [0.1, 0.15) is 0 Å². The molecule has 4 rings (SSSR count). The largest absolute Gasteiger partial charge is 0.454 e. The van der Waals surface area contributed by atoms with Gasteiger partial charge in [-0.3, -0.25) is 14.0 Å². The molecular formula is C24H25N3O5S. The van der Waals surface area contributed by atoms with Crippen molar-refractivity contribution in [1.82, 2.24) is 4.90 Å². The molecule has 0 saturated carbocycles. The molecule has 0 bridgehead atoms. The summed E-state index contributed by atoms with van der Waals surface area (Å²) in [5, 5.41) is 2.78. The lowest BCUT2D eigenvalue weighted by Crippen LogP contribution is -2.30. The Bertz CT molecular complexity index is 1250. The maximum atomic E-state index is 13.0. The molecule has 1 aliphatic rings. The maximum Gasteiger partial charge on any atom is 0.264 e. The molecule has 1 N–H and O–H groups in total. The molecule has 0 spiro atoms. The average molecular weight is 468 g/mol. The van der Waals surface area contributed by atoms with Gasteiger partial charge in [0, 0.05) is 19.3 Å². The Morgan fingerprint density at radius 2 is 1.70 bits per heavy atom. The van der Waals surface area contributed by atoms with Crippen LogP contribution in [0.1, 0.15) is 5.56 Å². The topological polar surface area (TPSA) is 88.2 Å². The summed E-state index contributed by atoms with van der Waals surface area (Å²) in [7, 11) is -0.435. The van der Waals surface area contributed by atoms with Gasteiger partial charge >= 0.3 is 0 Å². The predicted octanol–water partition coefficient (Wildman–Crippen LogP) is 3.31. The number of sulfonamides is 1. The van der Waals surface area contributed by atoms with E-state index >= 15 is 0 Å². The first-order valence-corrected chi connectivity index (χ1v) is 11.8. The van der Waals surface area contributed by atoms with Gasteiger partial charge in [0.05, 0.1) is 17.1 Å². The third-order valence-electron chi connectivity index (χ3n) is 5.20. The molecule has 172 valence electrons. The van der Waals surface area contributed by atoms with Crippen molar-refractivity contribution in [2.24, 2.45) is 0 Å². The number of fused-ring (bicyclic) bond motifs is 1. The summed E-state index contributed by atoms with van der Waals surface area (Å²) >= 11 is 0. The van der Waals surface area contributed by atoms with Crippen LogP contribution in [0.25, 0.3) is 0 Å². The van der Waals surface area contributed by atoms with E-state index in [1.165, 1.54) is 23.5 Å². The van der Waals surface area contributed by atoms with E-state index in [0.717, 1.165) is 5.56 Å². The van der Waals surface area contributed by atoms with Crippen LogP contribution in [-0.4, -0.2) is 46.7 Å². The number of amides is 1. The highest BCUT2D eigenvalue weighted by Gasteiger charge is 2.22. The fourth-order valence-corrected chi connectivity index (χ4v) is 4.76. The number of nitrogens with one attached hydrogen (secondary N) is 1. The van der Waals surface area contributed by atoms with Gasteiger partial charge in [-0.1, -0.05) is 30.3 Å². The molecule has 9 heteroatoms. The van der Waals surface area contributed by atoms with Crippen molar-refractivity contribution in [1.29, 1.82) is 0 Å². The van der Waals surface area contributed by atoms with E-state index in [9.17, 15) is 13.2 Å². The second-order valence-electron chi connectivity index (χ2n) is 7.74. The molecule has 0 atom stereocenters. The number of hydrogen-bond donors (Lipinski definition) is 1. The standard InChI is InChI=1S/C24H25N3O5S/c1-26(15-18-11-12-22-23(13-18)32-17-31-22)16-24(28)25-19-7-6-10-21(14-19)33(29,30)27(2)20-8-4-3-5-9-20/h3-14H,15-17H2,1-2H3,(H,25,28). The van der Waals surface area contributed by atoms with Crippen LogP contribution in [0.3, 0.4) is 0 Å². The van der Waals surface area contributed by atoms with Crippen LogP contribution in [0.4, 0.5) is 11.4 Å². The molecule has 1 heterocycles. The van der Waals surface area contributed by atoms with Gasteiger partial charge in [0.2, 0.25) is 12.7 Å². The van der Waals surface area contributed by atoms with Gasteiger partial charge in [-0.05, 0) is 55.1 Å². The minimum atomic E-state index is -3.77. The second kappa shape index (κ2) is 9.51. The molecule has 0 saturated heterocycles. The number of anilines is 2. The highest BCUT2D eigenvalue weighted by Crippen LogP contribution is 2.32. The van der Waals surface area contributed by atoms with Crippen molar-refractivity contribution in [3.05, 3.63) is 78.4 Å². The monoisotopic (exact) mass is 467 g/mol. The second-order valence-corrected chi connectivity index (χ2v) is 9.71. The van der Waals surface area contributed by atoms with Crippen molar-refractivity contribution in [3.8, 4) is 11.5 Å². The lowest BCUT2D eigenvalue weighted by molar-refractivity contribution is -0.117. The molecule has 1 aliphatic heterocycles. The number of rotatable bonds is 8. The summed E-state index contributed by atoms with van der Waals surface area (Å²) in [6.07, 6.45) is 0. The molecule has 3 aromatic carbocycles. The first kappa shape index (κ1) is 22.6. The molecular weight excluding hydrogens is 442 g/mol. The predicted molar refractivity (Wildman–Crippen MR) is 126 cm³/mol. The molecule has 0 unspecified atom stereocenters. The minimum absolute atomic E-state index is 0.0976. The Hall–Kier alpha value is -3.56. The summed E-state index contributed by atoms with van der Waals surface area (Å²) in [4.78, 5) is 14.5. The lowest BCUT2D eigenvalue weighted by Gasteiger charge is -2.20. The first-order chi connectivity index (χ1) is 15.8. The number of nitrogens with zero attached hydrogens (tertiary/aromatic N) is 2. The summed E-state index contributed by atoms with van der Waals surface area (Å²) < 4.78 is 38.0. The van der Waals surface area contributed by atoms with Gasteiger partial charge in [0.25, 0.3) is 10.0 Å². The Labute approximate surface area is 193 Å². The normalized spacial score (nSPS) is 12.6. The Morgan fingerprint density at radius 3 is 2.48 bits per heavy atom. The van der Waals surface area contributed by atoms with E-state index in [1.54, 1.807) is 36.4 Å². The van der Waals surface area contributed by atoms with Crippen LogP contribution in [-0.2, 0) is 21.4 Å². The van der Waals surface area contributed by atoms with Crippen LogP contribution in [0.5, 0.6) is 11.5 Å². The number of carbonyl (C=O) groups is 1. The van der Waals surface area contributed by atoms with Crippen molar-refractivity contribution in [2.75, 3.05) is 37.1 Å². The van der Waals surface area contributed by atoms with Crippen LogP contribution >= 0.6 is 0 Å². The van der Waals surface area contributed by atoms with Crippen LogP contribution in [0.2, 0.25) is 0 Å². The van der Waals surface area contributed by atoms with Gasteiger partial charge in [0.15, 0.2) is 11.5 Å². The molecule has 0 radical (unpaired) electrons. The van der Waals surface area contributed by atoms with Crippen LogP contribution < -0.4 is 19.1 Å². The van der Waals surface area contributed by atoms with E-state index in [-0.39, 0.29) is 24.1 Å². The molecule has 3 aromatic rings. The number of ether oxygens (including phenoxy) is 2. The summed E-state index contributed by atoms with van der Waals surface area (Å²) in [6, 6.07) is 20.7. The van der Waals surface area contributed by atoms with Gasteiger partial charge in [-0.25, -0.2) is 8.42 Å². The molecule has 0 fully saturated rings. The minimum Gasteiger partial charge on any atom is -0.454 e. The summed E-state index contributed by atoms with van der Waals surface area (Å²) in [6.45, 7) is 0.892. The van der Waals surface area contributed by atoms with Crippen molar-refractivity contribution in [2.45, 2.75) is 11.4 Å². The molecule has 0 aliphatic carbocycles. The SMILES string of the molecule is CN(CC(=O)Nc1cccc(S(=O)(=O)N(C)c2ccccc2)c1)Cc1ccc2c(c1)OCO2. The smallest absolute Gasteiger partial charge is 0.264 e. The third-order valence-corrected chi connectivity index (χ3v) is 6.98. The van der Waals surface area contributed by atoms with Gasteiger partial charge in [-0.15, -0.1) is 0 Å². The molecule has 1 amide bonds. The lowest BCUT2D eigenvalue weighted by atomic mass is 10.2. The highest BCUT2D eigenvalue weighted by atomic mass is 32.2. The average Bonchev–Trinajstić information content (AvgIpc) is 3.27. The van der Waals surface area contributed by atoms with E-state index in [1.807, 2.05) is 36.2 Å². The van der Waals surface area contributed by atoms with E-state index in [4.69, 9.17) is 9.47 Å². The zero-order chi connectivity index (χ0) is 23.4. The first-order valence-electron chi connectivity index (χ1n) is 10.3. The quantitative estimate of drug-likeness (QED) is 0.547. The highest BCUT2D eigenvalue weighted by molar-refractivity contribution is 7.92. The maximum absolute atomic E-state index is 13.0. The van der Waals surface area contributed by atoms with Crippen molar-refractivity contribution < 1.29 is 22.7 Å². The van der Waals surface area contributed by atoms with Gasteiger partial charge < -0.3 is 14.8 Å². The zero-order valence-electron chi connectivity index (χ0n) is 18.4. The molecule has 33 heavy (non-hydrogen) atoms. The number of para-hydroxylation sites is 1. The van der Waals surface area contributed by atoms with E-state index < -0.39 is 10.0 Å². The summed E-state index contributed by atoms with van der Waals surface area (Å²) in [5.41, 5.74) is 1.96.